The zero-order valence-corrected chi connectivity index (χ0v) is 17.9. The molecule has 0 radical (unpaired) electrons. The summed E-state index contributed by atoms with van der Waals surface area (Å²) in [5, 5.41) is 10.7. The SMILES string of the molecule is COc1ccc(C2C(C(=O)C(C)(C)C)=C(O)C(=O)N2Cc2ccccc2)c(OC)c1. The molecule has 1 unspecified atom stereocenters. The Morgan fingerprint density at radius 1 is 1.07 bits per heavy atom. The molecule has 6 heteroatoms. The highest BCUT2D eigenvalue weighted by Gasteiger charge is 2.46. The molecule has 0 aromatic heterocycles. The van der Waals surface area contributed by atoms with Crippen LogP contribution in [0.5, 0.6) is 11.5 Å². The number of ether oxygens (including phenoxy) is 2. The van der Waals surface area contributed by atoms with Crippen molar-refractivity contribution in [3.05, 3.63) is 71.0 Å². The lowest BCUT2D eigenvalue weighted by atomic mass is 9.82. The molecule has 0 fully saturated rings. The highest BCUT2D eigenvalue weighted by atomic mass is 16.5. The number of methoxy groups -OCH3 is 2. The van der Waals surface area contributed by atoms with Gasteiger partial charge in [0.25, 0.3) is 5.91 Å². The molecule has 158 valence electrons. The van der Waals surface area contributed by atoms with Gasteiger partial charge in [0.15, 0.2) is 11.5 Å². The number of aliphatic hydroxyl groups is 1. The summed E-state index contributed by atoms with van der Waals surface area (Å²) < 4.78 is 10.8. The molecule has 1 aliphatic heterocycles. The maximum atomic E-state index is 13.3. The number of nitrogens with zero attached hydrogens (tertiary/aromatic N) is 1. The number of benzene rings is 2. The summed E-state index contributed by atoms with van der Waals surface area (Å²) >= 11 is 0. The van der Waals surface area contributed by atoms with Crippen molar-refractivity contribution in [2.24, 2.45) is 5.41 Å². The molecule has 1 atom stereocenters. The Balaban J connectivity index is 2.17. The fourth-order valence-electron chi connectivity index (χ4n) is 3.60. The van der Waals surface area contributed by atoms with Crippen LogP contribution in [0.2, 0.25) is 0 Å². The number of Topliss-reactive ketones (excluding diaryl/α,β-unsaturated/α-hetero) is 1. The predicted molar refractivity (Wildman–Crippen MR) is 113 cm³/mol. The van der Waals surface area contributed by atoms with E-state index in [9.17, 15) is 14.7 Å². The Labute approximate surface area is 176 Å². The van der Waals surface area contributed by atoms with Crippen LogP contribution in [0, 0.1) is 5.41 Å². The number of hydrogen-bond acceptors (Lipinski definition) is 5. The highest BCUT2D eigenvalue weighted by molar-refractivity contribution is 6.10. The van der Waals surface area contributed by atoms with Crippen LogP contribution < -0.4 is 9.47 Å². The van der Waals surface area contributed by atoms with Crippen molar-refractivity contribution < 1.29 is 24.2 Å². The Kier molecular flexibility index (Phi) is 5.87. The minimum atomic E-state index is -0.774. The molecule has 0 aliphatic carbocycles. The van der Waals surface area contributed by atoms with Gasteiger partial charge in [0, 0.05) is 23.6 Å². The van der Waals surface area contributed by atoms with Gasteiger partial charge in [0.05, 0.1) is 25.8 Å². The van der Waals surface area contributed by atoms with Gasteiger partial charge in [-0.2, -0.15) is 0 Å². The normalized spacial score (nSPS) is 16.8. The first-order valence-corrected chi connectivity index (χ1v) is 9.73. The lowest BCUT2D eigenvalue weighted by Gasteiger charge is -2.30. The standard InChI is InChI=1S/C24H27NO5/c1-24(2,3)22(27)19-20(17-12-11-16(29-4)13-18(17)30-5)25(23(28)21(19)26)14-15-9-7-6-8-10-15/h6-13,20,26H,14H2,1-5H3. The van der Waals surface area contributed by atoms with Crippen molar-refractivity contribution in [3.63, 3.8) is 0 Å². The van der Waals surface area contributed by atoms with Crippen molar-refractivity contribution in [2.75, 3.05) is 14.2 Å². The van der Waals surface area contributed by atoms with Crippen LogP contribution >= 0.6 is 0 Å². The number of ketones is 1. The smallest absolute Gasteiger partial charge is 0.290 e. The second-order valence-electron chi connectivity index (χ2n) is 8.27. The largest absolute Gasteiger partial charge is 0.503 e. The minimum absolute atomic E-state index is 0.0897. The van der Waals surface area contributed by atoms with Gasteiger partial charge < -0.3 is 19.5 Å². The van der Waals surface area contributed by atoms with Crippen molar-refractivity contribution in [1.82, 2.24) is 4.90 Å². The van der Waals surface area contributed by atoms with Crippen molar-refractivity contribution >= 4 is 11.7 Å². The fourth-order valence-corrected chi connectivity index (χ4v) is 3.60. The molecule has 1 N–H and O–H groups in total. The van der Waals surface area contributed by atoms with Crippen LogP contribution in [0.1, 0.15) is 37.9 Å². The lowest BCUT2D eigenvalue weighted by Crippen LogP contribution is -2.32. The first-order chi connectivity index (χ1) is 14.2. The quantitative estimate of drug-likeness (QED) is 0.773. The number of aliphatic hydroxyl groups excluding tert-OH is 1. The molecule has 1 aliphatic rings. The number of hydrogen-bond donors (Lipinski definition) is 1. The van der Waals surface area contributed by atoms with Gasteiger partial charge in [-0.05, 0) is 17.7 Å². The van der Waals surface area contributed by atoms with Gasteiger partial charge in [-0.25, -0.2) is 0 Å². The topological polar surface area (TPSA) is 76.1 Å². The summed E-state index contributed by atoms with van der Waals surface area (Å²) in [6.45, 7) is 5.54. The maximum Gasteiger partial charge on any atom is 0.290 e. The molecule has 30 heavy (non-hydrogen) atoms. The van der Waals surface area contributed by atoms with Crippen molar-refractivity contribution in [2.45, 2.75) is 33.4 Å². The predicted octanol–water partition coefficient (Wildman–Crippen LogP) is 4.21. The van der Waals surface area contributed by atoms with Gasteiger partial charge in [-0.3, -0.25) is 9.59 Å². The van der Waals surface area contributed by atoms with Crippen LogP contribution in [0.4, 0.5) is 0 Å². The first kappa shape index (κ1) is 21.4. The monoisotopic (exact) mass is 409 g/mol. The molecule has 0 bridgehead atoms. The summed E-state index contributed by atoms with van der Waals surface area (Å²) in [6, 6.07) is 13.9. The third-order valence-electron chi connectivity index (χ3n) is 5.16. The fraction of sp³-hybridized carbons (Fsp3) is 0.333. The van der Waals surface area contributed by atoms with E-state index < -0.39 is 23.1 Å². The van der Waals surface area contributed by atoms with E-state index >= 15 is 0 Å². The second-order valence-corrected chi connectivity index (χ2v) is 8.27. The average Bonchev–Trinajstić information content (AvgIpc) is 2.97. The molecular formula is C24H27NO5. The van der Waals surface area contributed by atoms with Crippen molar-refractivity contribution in [3.8, 4) is 11.5 Å². The van der Waals surface area contributed by atoms with Crippen LogP contribution in [-0.2, 0) is 16.1 Å². The second kappa shape index (κ2) is 8.22. The van der Waals surface area contributed by atoms with Gasteiger partial charge in [0.1, 0.15) is 11.5 Å². The van der Waals surface area contributed by atoms with Gasteiger partial charge in [0.2, 0.25) is 0 Å². The van der Waals surface area contributed by atoms with Crippen LogP contribution in [0.25, 0.3) is 0 Å². The third kappa shape index (κ3) is 3.90. The van der Waals surface area contributed by atoms with Crippen LogP contribution in [0.3, 0.4) is 0 Å². The number of carbonyl (C=O) groups excluding carboxylic acids is 2. The van der Waals surface area contributed by atoms with E-state index in [1.54, 1.807) is 46.1 Å². The van der Waals surface area contributed by atoms with Gasteiger partial charge >= 0.3 is 0 Å². The van der Waals surface area contributed by atoms with E-state index in [0.717, 1.165) is 5.56 Å². The zero-order chi connectivity index (χ0) is 22.1. The number of amides is 1. The number of rotatable bonds is 6. The van der Waals surface area contributed by atoms with E-state index in [1.807, 2.05) is 30.3 Å². The molecular weight excluding hydrogens is 382 g/mol. The molecule has 2 aromatic carbocycles. The summed E-state index contributed by atoms with van der Waals surface area (Å²) in [7, 11) is 3.07. The Hall–Kier alpha value is -3.28. The summed E-state index contributed by atoms with van der Waals surface area (Å²) in [6.07, 6.45) is 0. The first-order valence-electron chi connectivity index (χ1n) is 9.73. The van der Waals surface area contributed by atoms with E-state index in [4.69, 9.17) is 9.47 Å². The van der Waals surface area contributed by atoms with E-state index in [2.05, 4.69) is 0 Å². The van der Waals surface area contributed by atoms with E-state index in [-0.39, 0.29) is 17.9 Å². The maximum absolute atomic E-state index is 13.3. The Morgan fingerprint density at radius 2 is 1.73 bits per heavy atom. The van der Waals surface area contributed by atoms with E-state index in [0.29, 0.717) is 17.1 Å². The lowest BCUT2D eigenvalue weighted by molar-refractivity contribution is -0.130. The summed E-state index contributed by atoms with van der Waals surface area (Å²) in [4.78, 5) is 27.8. The van der Waals surface area contributed by atoms with Crippen LogP contribution in [-0.4, -0.2) is 35.9 Å². The molecule has 3 rings (SSSR count). The average molecular weight is 409 g/mol. The van der Waals surface area contributed by atoms with Crippen LogP contribution in [0.15, 0.2) is 59.9 Å². The van der Waals surface area contributed by atoms with Gasteiger partial charge in [-0.15, -0.1) is 0 Å². The molecule has 0 spiro atoms. The van der Waals surface area contributed by atoms with Crippen molar-refractivity contribution in [1.29, 1.82) is 0 Å². The number of carbonyl (C=O) groups is 2. The summed E-state index contributed by atoms with van der Waals surface area (Å²) in [5.74, 6) is -0.305. The molecule has 1 heterocycles. The highest BCUT2D eigenvalue weighted by Crippen LogP contribution is 2.45. The minimum Gasteiger partial charge on any atom is -0.503 e. The molecule has 0 saturated heterocycles. The molecule has 2 aromatic rings. The Morgan fingerprint density at radius 3 is 2.30 bits per heavy atom. The summed E-state index contributed by atoms with van der Waals surface area (Å²) in [5.41, 5.74) is 0.816. The zero-order valence-electron chi connectivity index (χ0n) is 17.9. The van der Waals surface area contributed by atoms with Gasteiger partial charge in [-0.1, -0.05) is 51.1 Å². The Bertz CT molecular complexity index is 988. The van der Waals surface area contributed by atoms with E-state index in [1.165, 1.54) is 12.0 Å². The molecule has 0 saturated carbocycles. The molecule has 6 nitrogen and oxygen atoms in total. The third-order valence-corrected chi connectivity index (χ3v) is 5.16. The molecule has 1 amide bonds.